The summed E-state index contributed by atoms with van der Waals surface area (Å²) in [4.78, 5) is 11.0. The molecule has 1 heterocycles. The lowest BCUT2D eigenvalue weighted by Gasteiger charge is -2.31. The lowest BCUT2D eigenvalue weighted by atomic mass is 9.98. The summed E-state index contributed by atoms with van der Waals surface area (Å²) in [6.07, 6.45) is 1.56. The molecule has 16 heavy (non-hydrogen) atoms. The van der Waals surface area contributed by atoms with E-state index in [1.165, 1.54) is 6.92 Å². The first-order chi connectivity index (χ1) is 7.77. The maximum absolute atomic E-state index is 11.0. The third-order valence-electron chi connectivity index (χ3n) is 2.71. The smallest absolute Gasteiger partial charge is 0.303 e. The molecule has 1 fully saturated rings. The zero-order chi connectivity index (χ0) is 11.4. The summed E-state index contributed by atoms with van der Waals surface area (Å²) in [5.74, 6) is -0.239. The molecule has 0 aliphatic carbocycles. The van der Waals surface area contributed by atoms with Crippen LogP contribution in [0, 0.1) is 0 Å². The summed E-state index contributed by atoms with van der Waals surface area (Å²) < 4.78 is 11.0. The van der Waals surface area contributed by atoms with Gasteiger partial charge in [-0.05, 0) is 18.4 Å². The normalized spacial score (nSPS) is 25.1. The number of carbonyl (C=O) groups is 1. The van der Waals surface area contributed by atoms with Gasteiger partial charge in [0.25, 0.3) is 0 Å². The van der Waals surface area contributed by atoms with Crippen LogP contribution in [-0.2, 0) is 14.3 Å². The maximum atomic E-state index is 11.0. The minimum atomic E-state index is -0.239. The molecule has 2 atom stereocenters. The van der Waals surface area contributed by atoms with Crippen molar-refractivity contribution in [3.63, 3.8) is 0 Å². The van der Waals surface area contributed by atoms with Crippen molar-refractivity contribution in [2.75, 3.05) is 6.61 Å². The van der Waals surface area contributed by atoms with E-state index in [1.54, 1.807) is 0 Å². The fraction of sp³-hybridized carbons (Fsp3) is 0.462. The zero-order valence-corrected chi connectivity index (χ0v) is 9.39. The van der Waals surface area contributed by atoms with Crippen LogP contribution in [0.5, 0.6) is 0 Å². The molecule has 3 nitrogen and oxygen atoms in total. The van der Waals surface area contributed by atoms with Gasteiger partial charge in [-0.25, -0.2) is 0 Å². The number of hydrogen-bond acceptors (Lipinski definition) is 3. The van der Waals surface area contributed by atoms with Crippen molar-refractivity contribution in [1.29, 1.82) is 0 Å². The second kappa shape index (κ2) is 5.12. The van der Waals surface area contributed by atoms with Crippen molar-refractivity contribution in [2.24, 2.45) is 0 Å². The third kappa shape index (κ3) is 2.61. The molecule has 2 rings (SSSR count). The Labute approximate surface area is 95.4 Å². The van der Waals surface area contributed by atoms with Crippen LogP contribution >= 0.6 is 0 Å². The van der Waals surface area contributed by atoms with E-state index in [0.29, 0.717) is 0 Å². The molecular weight excluding hydrogens is 204 g/mol. The Bertz CT molecular complexity index is 347. The number of carbonyl (C=O) groups excluding carboxylic acids is 1. The number of rotatable bonds is 2. The lowest BCUT2D eigenvalue weighted by molar-refractivity contribution is -0.161. The van der Waals surface area contributed by atoms with Crippen LogP contribution in [0.2, 0.25) is 0 Å². The van der Waals surface area contributed by atoms with E-state index in [-0.39, 0.29) is 18.2 Å². The minimum absolute atomic E-state index is 0.112. The molecule has 0 unspecified atom stereocenters. The molecule has 1 saturated heterocycles. The van der Waals surface area contributed by atoms with Gasteiger partial charge in [0.2, 0.25) is 0 Å². The van der Waals surface area contributed by atoms with E-state index in [2.05, 4.69) is 0 Å². The summed E-state index contributed by atoms with van der Waals surface area (Å²) in [6, 6.07) is 9.92. The van der Waals surface area contributed by atoms with E-state index >= 15 is 0 Å². The molecule has 0 spiro atoms. The van der Waals surface area contributed by atoms with Crippen molar-refractivity contribution in [3.8, 4) is 0 Å². The van der Waals surface area contributed by atoms with Gasteiger partial charge in [-0.3, -0.25) is 4.79 Å². The van der Waals surface area contributed by atoms with Crippen molar-refractivity contribution in [3.05, 3.63) is 35.9 Å². The van der Waals surface area contributed by atoms with Gasteiger partial charge in [0.15, 0.2) is 0 Å². The van der Waals surface area contributed by atoms with Crippen LogP contribution in [0.3, 0.4) is 0 Å². The molecule has 0 bridgehead atoms. The topological polar surface area (TPSA) is 35.5 Å². The van der Waals surface area contributed by atoms with Gasteiger partial charge in [0.1, 0.15) is 12.2 Å². The maximum Gasteiger partial charge on any atom is 0.303 e. The summed E-state index contributed by atoms with van der Waals surface area (Å²) in [7, 11) is 0. The minimum Gasteiger partial charge on any atom is -0.459 e. The Morgan fingerprint density at radius 1 is 1.38 bits per heavy atom. The first-order valence-electron chi connectivity index (χ1n) is 5.61. The molecule has 0 radical (unpaired) electrons. The van der Waals surface area contributed by atoms with Gasteiger partial charge in [-0.2, -0.15) is 0 Å². The van der Waals surface area contributed by atoms with E-state index in [0.717, 1.165) is 25.0 Å². The molecule has 1 aliphatic rings. The summed E-state index contributed by atoms with van der Waals surface area (Å²) in [5.41, 5.74) is 1.08. The van der Waals surface area contributed by atoms with Crippen LogP contribution in [0.15, 0.2) is 30.3 Å². The van der Waals surface area contributed by atoms with Crippen LogP contribution in [-0.4, -0.2) is 18.7 Å². The SMILES string of the molecule is CC(=O)O[C@H]1CCCO[C@H]1c1ccccc1. The van der Waals surface area contributed by atoms with Crippen LogP contribution in [0.4, 0.5) is 0 Å². The third-order valence-corrected chi connectivity index (χ3v) is 2.71. The van der Waals surface area contributed by atoms with Gasteiger partial charge in [-0.1, -0.05) is 30.3 Å². The quantitative estimate of drug-likeness (QED) is 0.718. The Balaban J connectivity index is 2.13. The van der Waals surface area contributed by atoms with Crippen LogP contribution in [0.1, 0.15) is 31.4 Å². The van der Waals surface area contributed by atoms with Crippen LogP contribution in [0.25, 0.3) is 0 Å². The molecule has 1 aromatic rings. The molecule has 86 valence electrons. The predicted octanol–water partition coefficient (Wildman–Crippen LogP) is 2.47. The highest BCUT2D eigenvalue weighted by Gasteiger charge is 2.29. The average molecular weight is 220 g/mol. The van der Waals surface area contributed by atoms with E-state index in [1.807, 2.05) is 30.3 Å². The van der Waals surface area contributed by atoms with Crippen molar-refractivity contribution in [2.45, 2.75) is 32.0 Å². The van der Waals surface area contributed by atoms with Gasteiger partial charge in [0, 0.05) is 13.5 Å². The summed E-state index contributed by atoms with van der Waals surface area (Å²) in [6.45, 7) is 2.17. The molecule has 0 saturated carbocycles. The van der Waals surface area contributed by atoms with E-state index < -0.39 is 0 Å². The highest BCUT2D eigenvalue weighted by atomic mass is 16.6. The second-order valence-electron chi connectivity index (χ2n) is 3.99. The number of esters is 1. The second-order valence-corrected chi connectivity index (χ2v) is 3.99. The Hall–Kier alpha value is -1.35. The largest absolute Gasteiger partial charge is 0.459 e. The number of hydrogen-bond donors (Lipinski definition) is 0. The van der Waals surface area contributed by atoms with E-state index in [9.17, 15) is 4.79 Å². The first kappa shape index (κ1) is 11.1. The summed E-state index contributed by atoms with van der Waals surface area (Å²) >= 11 is 0. The standard InChI is InChI=1S/C13H16O3/c1-10(14)16-12-8-5-9-15-13(12)11-6-3-2-4-7-11/h2-4,6-7,12-13H,5,8-9H2,1H3/t12-,13-/m0/s1. The number of ether oxygens (including phenoxy) is 2. The van der Waals surface area contributed by atoms with Crippen molar-refractivity contribution < 1.29 is 14.3 Å². The molecule has 0 aromatic heterocycles. The average Bonchev–Trinajstić information content (AvgIpc) is 2.30. The Kier molecular flexibility index (Phi) is 3.57. The highest BCUT2D eigenvalue weighted by molar-refractivity contribution is 5.66. The fourth-order valence-corrected chi connectivity index (χ4v) is 2.04. The summed E-state index contributed by atoms with van der Waals surface area (Å²) in [5, 5.41) is 0. The van der Waals surface area contributed by atoms with Gasteiger partial charge < -0.3 is 9.47 Å². The van der Waals surface area contributed by atoms with Gasteiger partial charge in [0.05, 0.1) is 0 Å². The lowest BCUT2D eigenvalue weighted by Crippen LogP contribution is -2.31. The number of benzene rings is 1. The Morgan fingerprint density at radius 2 is 2.12 bits per heavy atom. The monoisotopic (exact) mass is 220 g/mol. The highest BCUT2D eigenvalue weighted by Crippen LogP contribution is 2.30. The molecular formula is C13H16O3. The molecule has 0 amide bonds. The molecule has 3 heteroatoms. The van der Waals surface area contributed by atoms with Crippen molar-refractivity contribution >= 4 is 5.97 Å². The molecule has 0 N–H and O–H groups in total. The molecule has 1 aromatic carbocycles. The predicted molar refractivity (Wildman–Crippen MR) is 59.9 cm³/mol. The van der Waals surface area contributed by atoms with Gasteiger partial charge >= 0.3 is 5.97 Å². The zero-order valence-electron chi connectivity index (χ0n) is 9.39. The fourth-order valence-electron chi connectivity index (χ4n) is 2.04. The van der Waals surface area contributed by atoms with E-state index in [4.69, 9.17) is 9.47 Å². The van der Waals surface area contributed by atoms with Crippen molar-refractivity contribution in [1.82, 2.24) is 0 Å². The van der Waals surface area contributed by atoms with Gasteiger partial charge in [-0.15, -0.1) is 0 Å². The first-order valence-corrected chi connectivity index (χ1v) is 5.61. The Morgan fingerprint density at radius 3 is 2.81 bits per heavy atom. The van der Waals surface area contributed by atoms with Crippen LogP contribution < -0.4 is 0 Å². The molecule has 1 aliphatic heterocycles.